The molecule has 1 amide bonds. The van der Waals surface area contributed by atoms with Crippen molar-refractivity contribution >= 4 is 27.5 Å². The smallest absolute Gasteiger partial charge is 0.263 e. The van der Waals surface area contributed by atoms with Gasteiger partial charge >= 0.3 is 0 Å². The minimum absolute atomic E-state index is 0.121. The number of hydrogen-bond acceptors (Lipinski definition) is 5. The zero-order valence-electron chi connectivity index (χ0n) is 13.5. The largest absolute Gasteiger partial charge is 0.383 e. The van der Waals surface area contributed by atoms with Crippen molar-refractivity contribution in [3.63, 3.8) is 0 Å². The molecule has 2 aromatic heterocycles. The van der Waals surface area contributed by atoms with Gasteiger partial charge in [0.05, 0.1) is 18.3 Å². The first kappa shape index (κ1) is 17.2. The molecule has 0 radical (unpaired) electrons. The van der Waals surface area contributed by atoms with Gasteiger partial charge in [-0.3, -0.25) is 14.2 Å². The molecule has 8 heteroatoms. The predicted octanol–water partition coefficient (Wildman–Crippen LogP) is 2.03. The Balaban J connectivity index is 1.93. The molecule has 0 spiro atoms. The van der Waals surface area contributed by atoms with Crippen LogP contribution in [0.2, 0.25) is 0 Å². The van der Waals surface area contributed by atoms with E-state index in [1.54, 1.807) is 19.2 Å². The molecular formula is C17H16FN3O3S. The Kier molecular flexibility index (Phi) is 5.20. The van der Waals surface area contributed by atoms with E-state index in [0.29, 0.717) is 28.9 Å². The molecule has 1 N–H and O–H groups in total. The number of amides is 1. The molecule has 0 bridgehead atoms. The van der Waals surface area contributed by atoms with Crippen LogP contribution < -0.4 is 10.9 Å². The maximum atomic E-state index is 13.1. The van der Waals surface area contributed by atoms with Crippen molar-refractivity contribution in [2.75, 3.05) is 20.3 Å². The molecule has 2 heterocycles. The number of aromatic nitrogens is 2. The van der Waals surface area contributed by atoms with Crippen LogP contribution in [0.25, 0.3) is 21.3 Å². The zero-order chi connectivity index (χ0) is 17.8. The van der Waals surface area contributed by atoms with Crippen molar-refractivity contribution in [3.05, 3.63) is 52.1 Å². The highest BCUT2D eigenvalue weighted by atomic mass is 32.1. The lowest BCUT2D eigenvalue weighted by molar-refractivity contribution is -0.121. The van der Waals surface area contributed by atoms with Gasteiger partial charge in [-0.15, -0.1) is 11.3 Å². The molecule has 0 saturated heterocycles. The molecular weight excluding hydrogens is 345 g/mol. The average molecular weight is 361 g/mol. The van der Waals surface area contributed by atoms with Crippen molar-refractivity contribution in [1.82, 2.24) is 14.9 Å². The summed E-state index contributed by atoms with van der Waals surface area (Å²) in [6.07, 6.45) is 1.37. The summed E-state index contributed by atoms with van der Waals surface area (Å²) in [6.45, 7) is 0.653. The number of nitrogens with zero attached hydrogens (tertiary/aromatic N) is 2. The Morgan fingerprint density at radius 2 is 2.12 bits per heavy atom. The average Bonchev–Trinajstić information content (AvgIpc) is 3.03. The van der Waals surface area contributed by atoms with Gasteiger partial charge in [-0.2, -0.15) is 0 Å². The molecule has 3 aromatic rings. The third-order valence-corrected chi connectivity index (χ3v) is 4.54. The van der Waals surface area contributed by atoms with E-state index in [4.69, 9.17) is 4.74 Å². The van der Waals surface area contributed by atoms with Crippen LogP contribution in [0, 0.1) is 5.82 Å². The van der Waals surface area contributed by atoms with E-state index >= 15 is 0 Å². The molecule has 3 rings (SSSR count). The molecule has 0 atom stereocenters. The van der Waals surface area contributed by atoms with E-state index in [9.17, 15) is 14.0 Å². The molecule has 0 saturated carbocycles. The molecule has 0 aliphatic heterocycles. The fraction of sp³-hybridized carbons (Fsp3) is 0.235. The molecule has 0 aliphatic rings. The summed E-state index contributed by atoms with van der Waals surface area (Å²) < 4.78 is 19.3. The van der Waals surface area contributed by atoms with Gasteiger partial charge in [0.25, 0.3) is 5.56 Å². The van der Waals surface area contributed by atoms with E-state index in [1.807, 2.05) is 5.38 Å². The number of methoxy groups -OCH3 is 1. The zero-order valence-corrected chi connectivity index (χ0v) is 14.3. The first-order valence-electron chi connectivity index (χ1n) is 7.58. The quantitative estimate of drug-likeness (QED) is 0.682. The highest BCUT2D eigenvalue weighted by molar-refractivity contribution is 7.17. The molecule has 0 aliphatic carbocycles. The van der Waals surface area contributed by atoms with E-state index in [1.165, 1.54) is 34.4 Å². The first-order valence-corrected chi connectivity index (χ1v) is 8.46. The number of fused-ring (bicyclic) bond motifs is 1. The third kappa shape index (κ3) is 3.75. The Hall–Kier alpha value is -2.58. The fourth-order valence-corrected chi connectivity index (χ4v) is 3.33. The van der Waals surface area contributed by atoms with E-state index in [-0.39, 0.29) is 23.8 Å². The van der Waals surface area contributed by atoms with Crippen molar-refractivity contribution < 1.29 is 13.9 Å². The van der Waals surface area contributed by atoms with Crippen LogP contribution in [0.4, 0.5) is 4.39 Å². The number of carbonyl (C=O) groups excluding carboxylic acids is 1. The topological polar surface area (TPSA) is 73.2 Å². The number of nitrogens with one attached hydrogen (secondary N) is 1. The standard InChI is InChI=1S/C17H16FN3O3S/c1-24-7-6-19-14(22)8-21-10-20-16-15(17(21)23)13(9-25-16)11-2-4-12(18)5-3-11/h2-5,9-10H,6-8H2,1H3,(H,19,22). The lowest BCUT2D eigenvalue weighted by Crippen LogP contribution is -2.34. The van der Waals surface area contributed by atoms with Crippen LogP contribution in [0.5, 0.6) is 0 Å². The Morgan fingerprint density at radius 3 is 2.84 bits per heavy atom. The summed E-state index contributed by atoms with van der Waals surface area (Å²) in [4.78, 5) is 29.5. The minimum Gasteiger partial charge on any atom is -0.383 e. The SMILES string of the molecule is COCCNC(=O)Cn1cnc2scc(-c3ccc(F)cc3)c2c1=O. The normalized spacial score (nSPS) is 11.0. The predicted molar refractivity (Wildman–Crippen MR) is 94.2 cm³/mol. The molecule has 1 aromatic carbocycles. The summed E-state index contributed by atoms with van der Waals surface area (Å²) >= 11 is 1.34. The van der Waals surface area contributed by atoms with Gasteiger partial charge in [-0.05, 0) is 17.7 Å². The molecule has 0 fully saturated rings. The summed E-state index contributed by atoms with van der Waals surface area (Å²) in [5.74, 6) is -0.634. The molecule has 130 valence electrons. The van der Waals surface area contributed by atoms with E-state index < -0.39 is 0 Å². The van der Waals surface area contributed by atoms with Crippen molar-refractivity contribution in [1.29, 1.82) is 0 Å². The number of benzene rings is 1. The third-order valence-electron chi connectivity index (χ3n) is 3.66. The number of thiophene rings is 1. The Bertz CT molecular complexity index is 950. The van der Waals surface area contributed by atoms with Crippen LogP contribution in [0.1, 0.15) is 0 Å². The monoisotopic (exact) mass is 361 g/mol. The number of hydrogen-bond donors (Lipinski definition) is 1. The summed E-state index contributed by atoms with van der Waals surface area (Å²) in [5.41, 5.74) is 1.12. The van der Waals surface area contributed by atoms with Crippen LogP contribution in [0.3, 0.4) is 0 Å². The van der Waals surface area contributed by atoms with E-state index in [2.05, 4.69) is 10.3 Å². The van der Waals surface area contributed by atoms with Gasteiger partial charge in [0, 0.05) is 24.6 Å². The summed E-state index contributed by atoms with van der Waals surface area (Å²) in [5, 5.41) is 4.91. The van der Waals surface area contributed by atoms with E-state index in [0.717, 1.165) is 5.56 Å². The molecule has 0 unspecified atom stereocenters. The van der Waals surface area contributed by atoms with Gasteiger partial charge in [-0.1, -0.05) is 12.1 Å². The highest BCUT2D eigenvalue weighted by Crippen LogP contribution is 2.30. The Labute approximate surface area is 146 Å². The first-order chi connectivity index (χ1) is 12.1. The van der Waals surface area contributed by atoms with Crippen molar-refractivity contribution in [3.8, 4) is 11.1 Å². The maximum Gasteiger partial charge on any atom is 0.263 e. The molecule has 6 nitrogen and oxygen atoms in total. The van der Waals surface area contributed by atoms with Gasteiger partial charge in [0.2, 0.25) is 5.91 Å². The van der Waals surface area contributed by atoms with Crippen molar-refractivity contribution in [2.45, 2.75) is 6.54 Å². The highest BCUT2D eigenvalue weighted by Gasteiger charge is 2.14. The summed E-state index contributed by atoms with van der Waals surface area (Å²) in [6, 6.07) is 5.92. The van der Waals surface area contributed by atoms with Gasteiger partial charge < -0.3 is 10.1 Å². The Morgan fingerprint density at radius 1 is 1.36 bits per heavy atom. The summed E-state index contributed by atoms with van der Waals surface area (Å²) in [7, 11) is 1.54. The van der Waals surface area contributed by atoms with Crippen LogP contribution in [0.15, 0.2) is 40.8 Å². The maximum absolute atomic E-state index is 13.1. The van der Waals surface area contributed by atoms with Crippen molar-refractivity contribution in [2.24, 2.45) is 0 Å². The van der Waals surface area contributed by atoms with Gasteiger partial charge in [-0.25, -0.2) is 9.37 Å². The second-order valence-electron chi connectivity index (χ2n) is 5.36. The number of halogens is 1. The number of carbonyl (C=O) groups is 1. The van der Waals surface area contributed by atoms with Gasteiger partial charge in [0.15, 0.2) is 0 Å². The lowest BCUT2D eigenvalue weighted by Gasteiger charge is -2.07. The fourth-order valence-electron chi connectivity index (χ4n) is 2.43. The van der Waals surface area contributed by atoms with Gasteiger partial charge in [0.1, 0.15) is 17.2 Å². The second-order valence-corrected chi connectivity index (χ2v) is 6.21. The molecule has 25 heavy (non-hydrogen) atoms. The second kappa shape index (κ2) is 7.54. The van der Waals surface area contributed by atoms with Crippen LogP contribution >= 0.6 is 11.3 Å². The lowest BCUT2D eigenvalue weighted by atomic mass is 10.1. The number of ether oxygens (including phenoxy) is 1. The van der Waals surface area contributed by atoms with Crippen LogP contribution in [-0.4, -0.2) is 35.7 Å². The van der Waals surface area contributed by atoms with Crippen LogP contribution in [-0.2, 0) is 16.1 Å². The minimum atomic E-state index is -0.341. The number of rotatable bonds is 6.